The van der Waals surface area contributed by atoms with Gasteiger partial charge in [0.05, 0.1) is 0 Å². The van der Waals surface area contributed by atoms with Gasteiger partial charge in [0.15, 0.2) is 0 Å². The number of ether oxygens (including phenoxy) is 1. The summed E-state index contributed by atoms with van der Waals surface area (Å²) in [5.74, 6) is -1.02. The summed E-state index contributed by atoms with van der Waals surface area (Å²) in [6.45, 7) is 4.26. The Morgan fingerprint density at radius 1 is 1.53 bits per heavy atom. The van der Waals surface area contributed by atoms with Gasteiger partial charge in [-0.3, -0.25) is 4.79 Å². The number of halogens is 2. The minimum atomic E-state index is -1.02. The molecule has 0 amide bonds. The van der Waals surface area contributed by atoms with Crippen molar-refractivity contribution in [1.29, 1.82) is 0 Å². The Kier molecular flexibility index (Phi) is 12.7. The van der Waals surface area contributed by atoms with Crippen LogP contribution in [-0.2, 0) is 9.53 Å². The molecule has 0 aromatic rings. The standard InChI is InChI=1S/C10H19FN2O3.ClH/c1-8(7-11)13-4-2-5-16-6-3-9(12)10(14)15;/h9,13H,1-7,12H2,(H,14,15);1H. The normalized spacial score (nSPS) is 11.4. The van der Waals surface area contributed by atoms with Crippen LogP contribution in [0.4, 0.5) is 4.39 Å². The molecule has 1 unspecified atom stereocenters. The van der Waals surface area contributed by atoms with Crippen molar-refractivity contribution in [3.8, 4) is 0 Å². The Morgan fingerprint density at radius 2 is 2.18 bits per heavy atom. The number of allylic oxidation sites excluding steroid dienone is 1. The molecule has 0 aliphatic rings. The molecule has 4 N–H and O–H groups in total. The van der Waals surface area contributed by atoms with E-state index >= 15 is 0 Å². The monoisotopic (exact) mass is 270 g/mol. The highest BCUT2D eigenvalue weighted by atomic mass is 35.5. The molecule has 5 nitrogen and oxygen atoms in total. The van der Waals surface area contributed by atoms with Gasteiger partial charge in [0.25, 0.3) is 0 Å². The van der Waals surface area contributed by atoms with Crippen LogP contribution in [0.25, 0.3) is 0 Å². The fourth-order valence-electron chi connectivity index (χ4n) is 0.922. The second-order valence-corrected chi connectivity index (χ2v) is 3.36. The van der Waals surface area contributed by atoms with E-state index in [4.69, 9.17) is 15.6 Å². The number of hydrogen-bond donors (Lipinski definition) is 3. The van der Waals surface area contributed by atoms with E-state index in [9.17, 15) is 9.18 Å². The number of alkyl halides is 1. The zero-order valence-corrected chi connectivity index (χ0v) is 10.5. The lowest BCUT2D eigenvalue weighted by Gasteiger charge is -2.08. The fourth-order valence-corrected chi connectivity index (χ4v) is 0.922. The Morgan fingerprint density at radius 3 is 2.71 bits per heavy atom. The lowest BCUT2D eigenvalue weighted by molar-refractivity contribution is -0.139. The summed E-state index contributed by atoms with van der Waals surface area (Å²) in [4.78, 5) is 10.3. The Labute approximate surface area is 107 Å². The Balaban J connectivity index is 0. The highest BCUT2D eigenvalue weighted by Crippen LogP contribution is 1.91. The molecular weight excluding hydrogens is 251 g/mol. The average molecular weight is 271 g/mol. The van der Waals surface area contributed by atoms with E-state index in [2.05, 4.69) is 11.9 Å². The lowest BCUT2D eigenvalue weighted by Crippen LogP contribution is -2.31. The average Bonchev–Trinajstić information content (AvgIpc) is 2.26. The zero-order valence-electron chi connectivity index (χ0n) is 9.65. The first-order valence-corrected chi connectivity index (χ1v) is 5.11. The third-order valence-corrected chi connectivity index (χ3v) is 1.89. The van der Waals surface area contributed by atoms with E-state index in [1.165, 1.54) is 0 Å². The van der Waals surface area contributed by atoms with Crippen LogP contribution in [-0.4, -0.2) is 43.6 Å². The van der Waals surface area contributed by atoms with Crippen LogP contribution in [0.15, 0.2) is 12.3 Å². The van der Waals surface area contributed by atoms with Crippen LogP contribution in [0.5, 0.6) is 0 Å². The van der Waals surface area contributed by atoms with Crippen molar-refractivity contribution in [2.24, 2.45) is 5.73 Å². The smallest absolute Gasteiger partial charge is 0.320 e. The van der Waals surface area contributed by atoms with Crippen LogP contribution in [0.1, 0.15) is 12.8 Å². The van der Waals surface area contributed by atoms with Gasteiger partial charge in [0.1, 0.15) is 12.7 Å². The SMILES string of the molecule is C=C(CF)NCCCOCCC(N)C(=O)O.Cl. The number of nitrogens with two attached hydrogens (primary N) is 1. The fraction of sp³-hybridized carbons (Fsp3) is 0.700. The first kappa shape index (κ1) is 18.5. The third-order valence-electron chi connectivity index (χ3n) is 1.89. The summed E-state index contributed by atoms with van der Waals surface area (Å²) in [5, 5.41) is 11.3. The van der Waals surface area contributed by atoms with Crippen LogP contribution >= 0.6 is 12.4 Å². The van der Waals surface area contributed by atoms with Crippen LogP contribution in [0.3, 0.4) is 0 Å². The summed E-state index contributed by atoms with van der Waals surface area (Å²) in [7, 11) is 0. The van der Waals surface area contributed by atoms with Gasteiger partial charge in [-0.2, -0.15) is 0 Å². The van der Waals surface area contributed by atoms with E-state index in [1.807, 2.05) is 0 Å². The van der Waals surface area contributed by atoms with Gasteiger partial charge in [-0.25, -0.2) is 4.39 Å². The third kappa shape index (κ3) is 11.4. The summed E-state index contributed by atoms with van der Waals surface area (Å²) in [6, 6.07) is -0.871. The lowest BCUT2D eigenvalue weighted by atomic mass is 10.2. The summed E-state index contributed by atoms with van der Waals surface area (Å²) in [6.07, 6.45) is 1.00. The molecule has 0 saturated heterocycles. The topological polar surface area (TPSA) is 84.6 Å². The number of nitrogens with one attached hydrogen (secondary N) is 1. The first-order valence-electron chi connectivity index (χ1n) is 5.11. The van der Waals surface area contributed by atoms with E-state index in [0.29, 0.717) is 38.3 Å². The molecule has 0 aromatic carbocycles. The van der Waals surface area contributed by atoms with Gasteiger partial charge in [0, 0.05) is 25.5 Å². The molecule has 0 aliphatic heterocycles. The van der Waals surface area contributed by atoms with E-state index in [1.54, 1.807) is 0 Å². The van der Waals surface area contributed by atoms with E-state index in [-0.39, 0.29) is 12.4 Å². The molecule has 1 atom stereocenters. The molecule has 0 fully saturated rings. The molecule has 0 rings (SSSR count). The summed E-state index contributed by atoms with van der Waals surface area (Å²) >= 11 is 0. The number of carboxylic acid groups (broad SMARTS) is 1. The number of aliphatic carboxylic acids is 1. The van der Waals surface area contributed by atoms with Crippen LogP contribution in [0.2, 0.25) is 0 Å². The molecule has 0 radical (unpaired) electrons. The summed E-state index contributed by atoms with van der Waals surface area (Å²) in [5.41, 5.74) is 5.62. The predicted molar refractivity (Wildman–Crippen MR) is 66.0 cm³/mol. The Hall–Kier alpha value is -0.850. The second kappa shape index (κ2) is 11.6. The van der Waals surface area contributed by atoms with Crippen molar-refractivity contribution in [1.82, 2.24) is 5.32 Å². The highest BCUT2D eigenvalue weighted by molar-refractivity contribution is 5.85. The van der Waals surface area contributed by atoms with E-state index < -0.39 is 18.7 Å². The molecule has 17 heavy (non-hydrogen) atoms. The largest absolute Gasteiger partial charge is 0.480 e. The minimum absolute atomic E-state index is 0. The molecule has 7 heteroatoms. The number of rotatable bonds is 10. The quantitative estimate of drug-likeness (QED) is 0.509. The Bertz CT molecular complexity index is 230. The molecule has 0 aromatic heterocycles. The molecule has 0 saturated carbocycles. The van der Waals surface area contributed by atoms with Gasteiger partial charge in [-0.05, 0) is 12.8 Å². The van der Waals surface area contributed by atoms with Gasteiger partial charge in [0.2, 0.25) is 0 Å². The molecule has 0 spiro atoms. The van der Waals surface area contributed by atoms with Crippen molar-refractivity contribution in [2.45, 2.75) is 18.9 Å². The number of hydrogen-bond acceptors (Lipinski definition) is 4. The van der Waals surface area contributed by atoms with Gasteiger partial charge >= 0.3 is 5.97 Å². The summed E-state index contributed by atoms with van der Waals surface area (Å²) < 4.78 is 17.1. The number of carboxylic acids is 1. The molecule has 102 valence electrons. The second-order valence-electron chi connectivity index (χ2n) is 3.36. The van der Waals surface area contributed by atoms with Crippen molar-refractivity contribution in [3.05, 3.63) is 12.3 Å². The highest BCUT2D eigenvalue weighted by Gasteiger charge is 2.09. The first-order chi connectivity index (χ1) is 7.57. The molecule has 0 heterocycles. The maximum absolute atomic E-state index is 11.9. The van der Waals surface area contributed by atoms with Gasteiger partial charge in [-0.15, -0.1) is 12.4 Å². The van der Waals surface area contributed by atoms with E-state index in [0.717, 1.165) is 0 Å². The van der Waals surface area contributed by atoms with Gasteiger partial charge in [-0.1, -0.05) is 6.58 Å². The zero-order chi connectivity index (χ0) is 12.4. The predicted octanol–water partition coefficient (Wildman–Crippen LogP) is 0.690. The van der Waals surface area contributed by atoms with Crippen molar-refractivity contribution < 1.29 is 19.0 Å². The number of carbonyl (C=O) groups is 1. The maximum atomic E-state index is 11.9. The maximum Gasteiger partial charge on any atom is 0.320 e. The molecular formula is C10H20ClFN2O3. The van der Waals surface area contributed by atoms with Gasteiger partial charge < -0.3 is 20.9 Å². The minimum Gasteiger partial charge on any atom is -0.480 e. The molecule has 0 aliphatic carbocycles. The van der Waals surface area contributed by atoms with Crippen LogP contribution < -0.4 is 11.1 Å². The van der Waals surface area contributed by atoms with Crippen molar-refractivity contribution >= 4 is 18.4 Å². The molecule has 0 bridgehead atoms. The van der Waals surface area contributed by atoms with Crippen molar-refractivity contribution in [3.63, 3.8) is 0 Å². The van der Waals surface area contributed by atoms with Crippen LogP contribution in [0, 0.1) is 0 Å². The van der Waals surface area contributed by atoms with Crippen molar-refractivity contribution in [2.75, 3.05) is 26.4 Å².